The normalized spacial score (nSPS) is 10.6. The van der Waals surface area contributed by atoms with Crippen molar-refractivity contribution in [1.82, 2.24) is 14.8 Å². The summed E-state index contributed by atoms with van der Waals surface area (Å²) in [5, 5.41) is 7.94. The molecule has 1 amide bonds. The summed E-state index contributed by atoms with van der Waals surface area (Å²) in [5.74, 6) is 0.425. The van der Waals surface area contributed by atoms with Crippen molar-refractivity contribution in [2.24, 2.45) is 0 Å². The average Bonchev–Trinajstić information content (AvgIpc) is 3.02. The Balaban J connectivity index is 2.05. The molecule has 1 heterocycles. The average molecular weight is 377 g/mol. The number of rotatable bonds is 4. The zero-order chi connectivity index (χ0) is 18.0. The van der Waals surface area contributed by atoms with E-state index < -0.39 is 0 Å². The van der Waals surface area contributed by atoms with Gasteiger partial charge in [0.1, 0.15) is 0 Å². The molecule has 0 spiro atoms. The minimum atomic E-state index is -0.133. The highest BCUT2D eigenvalue weighted by molar-refractivity contribution is 6.42. The maximum atomic E-state index is 11.1. The van der Waals surface area contributed by atoms with Gasteiger partial charge in [-0.15, -0.1) is 5.10 Å². The predicted molar refractivity (Wildman–Crippen MR) is 97.7 cm³/mol. The molecule has 0 radical (unpaired) electrons. The lowest BCUT2D eigenvalue weighted by Crippen LogP contribution is -2.06. The van der Waals surface area contributed by atoms with Crippen LogP contribution in [-0.4, -0.2) is 27.8 Å². The van der Waals surface area contributed by atoms with Crippen LogP contribution in [0.5, 0.6) is 6.01 Å². The molecule has 2 aromatic carbocycles. The van der Waals surface area contributed by atoms with Crippen molar-refractivity contribution in [2.75, 3.05) is 12.4 Å². The number of carbonyl (C=O) groups excluding carboxylic acids is 1. The lowest BCUT2D eigenvalue weighted by molar-refractivity contribution is -0.114. The van der Waals surface area contributed by atoms with E-state index in [2.05, 4.69) is 15.4 Å². The SMILES string of the molecule is COc1nc(-c2ccc(Cl)c(Cl)c2)n(-c2ccc(NC(C)=O)cc2)n1. The summed E-state index contributed by atoms with van der Waals surface area (Å²) in [6, 6.07) is 12.7. The van der Waals surface area contributed by atoms with Crippen molar-refractivity contribution < 1.29 is 9.53 Å². The van der Waals surface area contributed by atoms with E-state index in [1.54, 1.807) is 35.0 Å². The van der Waals surface area contributed by atoms with Gasteiger partial charge in [-0.25, -0.2) is 4.68 Å². The van der Waals surface area contributed by atoms with Gasteiger partial charge in [0.05, 0.1) is 22.8 Å². The number of benzene rings is 2. The summed E-state index contributed by atoms with van der Waals surface area (Å²) in [4.78, 5) is 15.5. The number of carbonyl (C=O) groups is 1. The number of amides is 1. The second-order valence-electron chi connectivity index (χ2n) is 5.19. The minimum Gasteiger partial charge on any atom is -0.466 e. The van der Waals surface area contributed by atoms with Gasteiger partial charge in [-0.3, -0.25) is 4.79 Å². The molecule has 8 heteroatoms. The van der Waals surface area contributed by atoms with E-state index in [1.807, 2.05) is 12.1 Å². The van der Waals surface area contributed by atoms with Crippen molar-refractivity contribution in [3.63, 3.8) is 0 Å². The Labute approximate surface area is 154 Å². The largest absolute Gasteiger partial charge is 0.466 e. The molecule has 3 rings (SSSR count). The van der Waals surface area contributed by atoms with E-state index in [-0.39, 0.29) is 11.9 Å². The Morgan fingerprint density at radius 1 is 1.12 bits per heavy atom. The third-order valence-electron chi connectivity index (χ3n) is 3.38. The number of hydrogen-bond acceptors (Lipinski definition) is 4. The fourth-order valence-electron chi connectivity index (χ4n) is 2.27. The third kappa shape index (κ3) is 3.75. The van der Waals surface area contributed by atoms with Crippen molar-refractivity contribution in [3.05, 3.63) is 52.5 Å². The molecule has 0 unspecified atom stereocenters. The number of methoxy groups -OCH3 is 1. The Kier molecular flexibility index (Phi) is 4.92. The van der Waals surface area contributed by atoms with Crippen molar-refractivity contribution in [2.45, 2.75) is 6.92 Å². The van der Waals surface area contributed by atoms with Gasteiger partial charge >= 0.3 is 6.01 Å². The first-order chi connectivity index (χ1) is 12.0. The second kappa shape index (κ2) is 7.13. The van der Waals surface area contributed by atoms with Crippen LogP contribution >= 0.6 is 23.2 Å². The van der Waals surface area contributed by atoms with Crippen LogP contribution in [0.25, 0.3) is 17.1 Å². The first-order valence-corrected chi connectivity index (χ1v) is 8.08. The number of nitrogens with one attached hydrogen (secondary N) is 1. The minimum absolute atomic E-state index is 0.133. The maximum absolute atomic E-state index is 11.1. The Bertz CT molecular complexity index is 923. The Morgan fingerprint density at radius 3 is 2.44 bits per heavy atom. The molecule has 6 nitrogen and oxygen atoms in total. The number of hydrogen-bond donors (Lipinski definition) is 1. The van der Waals surface area contributed by atoms with Crippen LogP contribution in [0.1, 0.15) is 6.92 Å². The van der Waals surface area contributed by atoms with Crippen LogP contribution in [0.4, 0.5) is 5.69 Å². The Morgan fingerprint density at radius 2 is 1.84 bits per heavy atom. The molecule has 0 atom stereocenters. The molecular weight excluding hydrogens is 363 g/mol. The first kappa shape index (κ1) is 17.3. The summed E-state index contributed by atoms with van der Waals surface area (Å²) in [5.41, 5.74) is 2.20. The zero-order valence-corrected chi connectivity index (χ0v) is 15.0. The number of nitrogens with zero attached hydrogens (tertiary/aromatic N) is 3. The molecule has 0 saturated heterocycles. The van der Waals surface area contributed by atoms with Crippen LogP contribution in [0.15, 0.2) is 42.5 Å². The standard InChI is InChI=1S/C17H14Cl2N4O2/c1-10(24)20-12-4-6-13(7-5-12)23-16(21-17(22-23)25-2)11-3-8-14(18)15(19)9-11/h3-9H,1-2H3,(H,20,24). The summed E-state index contributed by atoms with van der Waals surface area (Å²) in [7, 11) is 1.50. The van der Waals surface area contributed by atoms with E-state index in [1.165, 1.54) is 14.0 Å². The Hall–Kier alpha value is -2.57. The monoisotopic (exact) mass is 376 g/mol. The first-order valence-electron chi connectivity index (χ1n) is 7.32. The van der Waals surface area contributed by atoms with E-state index in [4.69, 9.17) is 27.9 Å². The van der Waals surface area contributed by atoms with Gasteiger partial charge in [-0.05, 0) is 42.5 Å². The maximum Gasteiger partial charge on any atom is 0.336 e. The lowest BCUT2D eigenvalue weighted by atomic mass is 10.2. The predicted octanol–water partition coefficient (Wildman–Crippen LogP) is 4.21. The van der Waals surface area contributed by atoms with Crippen LogP contribution in [0, 0.1) is 0 Å². The van der Waals surface area contributed by atoms with Crippen molar-refractivity contribution >= 4 is 34.8 Å². The molecule has 0 bridgehead atoms. The summed E-state index contributed by atoms with van der Waals surface area (Å²) >= 11 is 12.1. The molecule has 0 aliphatic heterocycles. The van der Waals surface area contributed by atoms with Crippen LogP contribution in [0.2, 0.25) is 10.0 Å². The molecule has 0 aliphatic carbocycles. The summed E-state index contributed by atoms with van der Waals surface area (Å²) in [6.45, 7) is 1.46. The molecule has 1 N–H and O–H groups in total. The fourth-order valence-corrected chi connectivity index (χ4v) is 2.57. The second-order valence-corrected chi connectivity index (χ2v) is 6.01. The quantitative estimate of drug-likeness (QED) is 0.740. The van der Waals surface area contributed by atoms with Crippen LogP contribution < -0.4 is 10.1 Å². The third-order valence-corrected chi connectivity index (χ3v) is 4.12. The fraction of sp³-hybridized carbons (Fsp3) is 0.118. The molecule has 0 fully saturated rings. The summed E-state index contributed by atoms with van der Waals surface area (Å²) in [6.07, 6.45) is 0. The zero-order valence-electron chi connectivity index (χ0n) is 13.5. The van der Waals surface area contributed by atoms with Crippen molar-refractivity contribution in [3.8, 4) is 23.1 Å². The smallest absolute Gasteiger partial charge is 0.336 e. The molecule has 0 saturated carbocycles. The molecule has 0 aliphatic rings. The number of ether oxygens (including phenoxy) is 1. The highest BCUT2D eigenvalue weighted by Gasteiger charge is 2.15. The molecule has 3 aromatic rings. The molecule has 1 aromatic heterocycles. The van der Waals surface area contributed by atoms with Gasteiger partial charge in [0, 0.05) is 18.2 Å². The van der Waals surface area contributed by atoms with Gasteiger partial charge in [0.15, 0.2) is 5.82 Å². The van der Waals surface area contributed by atoms with E-state index in [0.29, 0.717) is 21.6 Å². The van der Waals surface area contributed by atoms with E-state index in [0.717, 1.165) is 11.3 Å². The summed E-state index contributed by atoms with van der Waals surface area (Å²) < 4.78 is 6.78. The number of anilines is 1. The molecule has 25 heavy (non-hydrogen) atoms. The topological polar surface area (TPSA) is 69.0 Å². The van der Waals surface area contributed by atoms with Gasteiger partial charge in [-0.2, -0.15) is 4.98 Å². The number of halogens is 2. The van der Waals surface area contributed by atoms with E-state index in [9.17, 15) is 4.79 Å². The highest BCUT2D eigenvalue weighted by Crippen LogP contribution is 2.30. The van der Waals surface area contributed by atoms with Crippen LogP contribution in [-0.2, 0) is 4.79 Å². The lowest BCUT2D eigenvalue weighted by Gasteiger charge is -2.08. The van der Waals surface area contributed by atoms with E-state index >= 15 is 0 Å². The van der Waals surface area contributed by atoms with Gasteiger partial charge in [0.2, 0.25) is 5.91 Å². The highest BCUT2D eigenvalue weighted by atomic mass is 35.5. The van der Waals surface area contributed by atoms with Crippen molar-refractivity contribution in [1.29, 1.82) is 0 Å². The molecular formula is C17H14Cl2N4O2. The number of aromatic nitrogens is 3. The van der Waals surface area contributed by atoms with Gasteiger partial charge < -0.3 is 10.1 Å². The molecule has 128 valence electrons. The van der Waals surface area contributed by atoms with Gasteiger partial charge in [0.25, 0.3) is 0 Å². The van der Waals surface area contributed by atoms with Crippen LogP contribution in [0.3, 0.4) is 0 Å². The van der Waals surface area contributed by atoms with Gasteiger partial charge in [-0.1, -0.05) is 23.2 Å².